The first kappa shape index (κ1) is 8.46. The Morgan fingerprint density at radius 2 is 2.22 bits per heavy atom. The van der Waals surface area contributed by atoms with Gasteiger partial charge in [0, 0.05) is 13.0 Å². The minimum Gasteiger partial charge on any atom is -0.513 e. The van der Waals surface area contributed by atoms with Crippen molar-refractivity contribution in [3.63, 3.8) is 0 Å². The summed E-state index contributed by atoms with van der Waals surface area (Å²) in [7, 11) is 0. The third-order valence-corrected chi connectivity index (χ3v) is 0.910. The van der Waals surface area contributed by atoms with Gasteiger partial charge in [-0.25, -0.2) is 0 Å². The number of aliphatic hydroxyl groups excluding tert-OH is 2. The first-order valence-corrected chi connectivity index (χ1v) is 3.00. The van der Waals surface area contributed by atoms with Crippen LogP contribution in [0.5, 0.6) is 0 Å². The van der Waals surface area contributed by atoms with Crippen molar-refractivity contribution in [2.45, 2.75) is 12.8 Å². The highest BCUT2D eigenvalue weighted by atomic mass is 16.3. The van der Waals surface area contributed by atoms with E-state index in [9.17, 15) is 0 Å². The lowest BCUT2D eigenvalue weighted by Crippen LogP contribution is -1.99. The van der Waals surface area contributed by atoms with Gasteiger partial charge in [0.1, 0.15) is 0 Å². The van der Waals surface area contributed by atoms with Crippen LogP contribution in [0.25, 0.3) is 0 Å². The molecule has 0 aliphatic heterocycles. The van der Waals surface area contributed by atoms with E-state index in [1.165, 1.54) is 0 Å². The summed E-state index contributed by atoms with van der Waals surface area (Å²) in [5.74, 6) is 0.270. The van der Waals surface area contributed by atoms with E-state index in [-0.39, 0.29) is 12.4 Å². The Morgan fingerprint density at radius 3 is 2.67 bits per heavy atom. The molecular weight excluding hydrogens is 118 g/mol. The molecule has 0 spiro atoms. The average molecular weight is 131 g/mol. The van der Waals surface area contributed by atoms with E-state index in [0.29, 0.717) is 19.4 Å². The fourth-order valence-electron chi connectivity index (χ4n) is 0.481. The Morgan fingerprint density at radius 1 is 1.56 bits per heavy atom. The predicted molar refractivity (Wildman–Crippen MR) is 36.1 cm³/mol. The zero-order chi connectivity index (χ0) is 7.11. The summed E-state index contributed by atoms with van der Waals surface area (Å²) in [6.07, 6.45) is 2.58. The minimum absolute atomic E-state index is 0.0780. The second kappa shape index (κ2) is 5.59. The van der Waals surface area contributed by atoms with Gasteiger partial charge in [0.05, 0.1) is 5.76 Å². The van der Waals surface area contributed by atoms with Gasteiger partial charge in [-0.1, -0.05) is 0 Å². The molecule has 3 nitrogen and oxygen atoms in total. The molecule has 0 rings (SSSR count). The smallest absolute Gasteiger partial charge is 0.0896 e. The molecule has 0 aromatic rings. The molecule has 0 atom stereocenters. The molecule has 0 unspecified atom stereocenters. The van der Waals surface area contributed by atoms with Crippen molar-refractivity contribution in [3.8, 4) is 0 Å². The highest BCUT2D eigenvalue weighted by Gasteiger charge is 1.87. The second-order valence-electron chi connectivity index (χ2n) is 1.75. The van der Waals surface area contributed by atoms with Crippen molar-refractivity contribution in [2.75, 3.05) is 13.2 Å². The molecular formula is C6H13NO2. The van der Waals surface area contributed by atoms with Crippen LogP contribution < -0.4 is 5.73 Å². The van der Waals surface area contributed by atoms with Gasteiger partial charge in [0.15, 0.2) is 0 Å². The third kappa shape index (κ3) is 5.33. The van der Waals surface area contributed by atoms with Gasteiger partial charge in [-0.2, -0.15) is 0 Å². The van der Waals surface area contributed by atoms with E-state index in [1.807, 2.05) is 0 Å². The predicted octanol–water partition coefficient (Wildman–Crippen LogP) is 0.160. The standard InChI is InChI=1S/C6H13NO2/c7-4-3-6(9)2-1-5-8/h2,8-9H,1,3-5,7H2. The van der Waals surface area contributed by atoms with Crippen LogP contribution in [-0.4, -0.2) is 23.4 Å². The Bertz CT molecular complexity index is 91.1. The van der Waals surface area contributed by atoms with E-state index in [0.717, 1.165) is 0 Å². The fraction of sp³-hybridized carbons (Fsp3) is 0.667. The maximum atomic E-state index is 8.85. The minimum atomic E-state index is 0.0780. The van der Waals surface area contributed by atoms with Crippen molar-refractivity contribution in [1.82, 2.24) is 0 Å². The largest absolute Gasteiger partial charge is 0.513 e. The first-order chi connectivity index (χ1) is 4.31. The molecule has 0 heterocycles. The zero-order valence-corrected chi connectivity index (χ0v) is 5.38. The summed E-state index contributed by atoms with van der Waals surface area (Å²) in [6, 6.07) is 0. The van der Waals surface area contributed by atoms with E-state index < -0.39 is 0 Å². The molecule has 0 aliphatic carbocycles. The summed E-state index contributed by atoms with van der Waals surface area (Å²) in [5, 5.41) is 17.1. The lowest BCUT2D eigenvalue weighted by molar-refractivity contribution is 0.298. The first-order valence-electron chi connectivity index (χ1n) is 3.00. The Kier molecular flexibility index (Phi) is 5.26. The van der Waals surface area contributed by atoms with Gasteiger partial charge in [0.2, 0.25) is 0 Å². The number of hydrogen-bond acceptors (Lipinski definition) is 3. The highest BCUT2D eigenvalue weighted by Crippen LogP contribution is 1.94. The molecule has 0 amide bonds. The van der Waals surface area contributed by atoms with Gasteiger partial charge in [0.25, 0.3) is 0 Å². The Balaban J connectivity index is 3.30. The highest BCUT2D eigenvalue weighted by molar-refractivity contribution is 4.90. The molecule has 4 N–H and O–H groups in total. The van der Waals surface area contributed by atoms with Crippen LogP contribution >= 0.6 is 0 Å². The fourth-order valence-corrected chi connectivity index (χ4v) is 0.481. The van der Waals surface area contributed by atoms with Gasteiger partial charge in [-0.15, -0.1) is 0 Å². The molecule has 0 radical (unpaired) electrons. The van der Waals surface area contributed by atoms with Crippen molar-refractivity contribution in [3.05, 3.63) is 11.8 Å². The number of hydrogen-bond donors (Lipinski definition) is 3. The summed E-state index contributed by atoms with van der Waals surface area (Å²) < 4.78 is 0. The van der Waals surface area contributed by atoms with Gasteiger partial charge >= 0.3 is 0 Å². The topological polar surface area (TPSA) is 66.5 Å². The zero-order valence-electron chi connectivity index (χ0n) is 5.38. The SMILES string of the molecule is NCCC(O)=CCCO. The number of nitrogens with two attached hydrogens (primary N) is 1. The Hall–Kier alpha value is -0.540. The van der Waals surface area contributed by atoms with E-state index in [1.54, 1.807) is 6.08 Å². The van der Waals surface area contributed by atoms with Crippen LogP contribution in [0.4, 0.5) is 0 Å². The molecule has 9 heavy (non-hydrogen) atoms. The van der Waals surface area contributed by atoms with Crippen molar-refractivity contribution >= 4 is 0 Å². The Labute approximate surface area is 54.8 Å². The molecule has 54 valence electrons. The van der Waals surface area contributed by atoms with Crippen LogP contribution in [0.3, 0.4) is 0 Å². The normalized spacial score (nSPS) is 12.0. The summed E-state index contributed by atoms with van der Waals surface area (Å²) >= 11 is 0. The molecule has 0 aliphatic rings. The summed E-state index contributed by atoms with van der Waals surface area (Å²) in [6.45, 7) is 0.530. The van der Waals surface area contributed by atoms with Gasteiger partial charge in [-0.3, -0.25) is 0 Å². The molecule has 3 heteroatoms. The molecule has 0 fully saturated rings. The van der Waals surface area contributed by atoms with Crippen LogP contribution in [0.15, 0.2) is 11.8 Å². The second-order valence-corrected chi connectivity index (χ2v) is 1.75. The van der Waals surface area contributed by atoms with Crippen molar-refractivity contribution < 1.29 is 10.2 Å². The summed E-state index contributed by atoms with van der Waals surface area (Å²) in [5.41, 5.74) is 5.14. The maximum absolute atomic E-state index is 8.85. The van der Waals surface area contributed by atoms with Crippen LogP contribution in [-0.2, 0) is 0 Å². The molecule has 0 bridgehead atoms. The molecule has 0 saturated carbocycles. The van der Waals surface area contributed by atoms with Crippen LogP contribution in [0.2, 0.25) is 0 Å². The van der Waals surface area contributed by atoms with E-state index in [2.05, 4.69) is 0 Å². The van der Waals surface area contributed by atoms with Crippen molar-refractivity contribution in [2.24, 2.45) is 5.73 Å². The molecule has 0 saturated heterocycles. The lowest BCUT2D eigenvalue weighted by atomic mass is 10.3. The number of rotatable bonds is 4. The summed E-state index contributed by atoms with van der Waals surface area (Å²) in [4.78, 5) is 0. The van der Waals surface area contributed by atoms with Gasteiger partial charge in [-0.05, 0) is 19.0 Å². The molecule has 0 aromatic heterocycles. The van der Waals surface area contributed by atoms with Crippen LogP contribution in [0.1, 0.15) is 12.8 Å². The average Bonchev–Trinajstić information content (AvgIpc) is 1.85. The lowest BCUT2D eigenvalue weighted by Gasteiger charge is -1.93. The quantitative estimate of drug-likeness (QED) is 0.476. The molecule has 0 aromatic carbocycles. The monoisotopic (exact) mass is 131 g/mol. The third-order valence-electron chi connectivity index (χ3n) is 0.910. The van der Waals surface area contributed by atoms with Crippen molar-refractivity contribution in [1.29, 1.82) is 0 Å². The van der Waals surface area contributed by atoms with E-state index >= 15 is 0 Å². The van der Waals surface area contributed by atoms with Crippen LogP contribution in [0, 0.1) is 0 Å². The number of aliphatic hydroxyl groups is 2. The van der Waals surface area contributed by atoms with E-state index in [4.69, 9.17) is 15.9 Å². The van der Waals surface area contributed by atoms with Gasteiger partial charge < -0.3 is 15.9 Å². The maximum Gasteiger partial charge on any atom is 0.0896 e.